The molecule has 0 N–H and O–H groups in total. The number of methoxy groups -OCH3 is 2. The van der Waals surface area contributed by atoms with Gasteiger partial charge in [-0.1, -0.05) is 110 Å². The van der Waals surface area contributed by atoms with Crippen LogP contribution in [0.4, 0.5) is 0 Å². The van der Waals surface area contributed by atoms with Gasteiger partial charge in [-0.2, -0.15) is 0 Å². The molecule has 3 heteroatoms. The van der Waals surface area contributed by atoms with Crippen molar-refractivity contribution >= 4 is 6.08 Å². The molecule has 0 aliphatic carbocycles. The van der Waals surface area contributed by atoms with Crippen molar-refractivity contribution in [1.82, 2.24) is 4.90 Å². The van der Waals surface area contributed by atoms with Crippen LogP contribution in [0.25, 0.3) is 6.08 Å². The van der Waals surface area contributed by atoms with Gasteiger partial charge in [-0.15, -0.1) is 0 Å². The minimum absolute atomic E-state index is 0.177. The Hall–Kier alpha value is -2.42. The summed E-state index contributed by atoms with van der Waals surface area (Å²) in [5.41, 5.74) is 5.51. The van der Waals surface area contributed by atoms with Gasteiger partial charge in [0.15, 0.2) is 11.5 Å². The van der Waals surface area contributed by atoms with Crippen molar-refractivity contribution in [3.8, 4) is 11.5 Å². The molecule has 3 nitrogen and oxygen atoms in total. The Morgan fingerprint density at radius 2 is 1.36 bits per heavy atom. The smallest absolute Gasteiger partial charge is 0.161 e. The lowest BCUT2D eigenvalue weighted by Gasteiger charge is -2.36. The molecule has 0 bridgehead atoms. The van der Waals surface area contributed by atoms with Gasteiger partial charge in [0, 0.05) is 12.7 Å². The molecule has 1 unspecified atom stereocenters. The number of benzene rings is 2. The molecule has 1 aliphatic heterocycles. The van der Waals surface area contributed by atoms with E-state index in [0.717, 1.165) is 24.5 Å². The second-order valence-electron chi connectivity index (χ2n) is 11.4. The van der Waals surface area contributed by atoms with E-state index in [1.165, 1.54) is 80.0 Å². The standard InChI is InChI=1S/C33H49NO2/c1-7-8-9-10-11-12-13-14-15-16-30-29-24-32(36-6)31(35-5)23-27(29)21-22-34(30)25-26-17-19-28(20-18-26)33(2,3)4/h17-24,30H,7-16,25H2,1-6H3. The normalized spacial score (nSPS) is 15.2. The van der Waals surface area contributed by atoms with Crippen LogP contribution in [0.1, 0.15) is 120 Å². The fourth-order valence-electron chi connectivity index (χ4n) is 5.26. The van der Waals surface area contributed by atoms with Gasteiger partial charge in [-0.3, -0.25) is 0 Å². The van der Waals surface area contributed by atoms with Crippen molar-refractivity contribution < 1.29 is 9.47 Å². The fraction of sp³-hybridized carbons (Fsp3) is 0.576. The Kier molecular flexibility index (Phi) is 10.8. The van der Waals surface area contributed by atoms with Crippen LogP contribution in [0.3, 0.4) is 0 Å². The summed E-state index contributed by atoms with van der Waals surface area (Å²) in [5.74, 6) is 1.62. The van der Waals surface area contributed by atoms with Crippen LogP contribution in [-0.2, 0) is 12.0 Å². The van der Waals surface area contributed by atoms with Gasteiger partial charge >= 0.3 is 0 Å². The number of hydrogen-bond acceptors (Lipinski definition) is 3. The van der Waals surface area contributed by atoms with Crippen LogP contribution in [0, 0.1) is 0 Å². The van der Waals surface area contributed by atoms with Crippen molar-refractivity contribution in [2.75, 3.05) is 14.2 Å². The third-order valence-corrected chi connectivity index (χ3v) is 7.56. The zero-order chi connectivity index (χ0) is 26.0. The summed E-state index contributed by atoms with van der Waals surface area (Å²) < 4.78 is 11.3. The number of unbranched alkanes of at least 4 members (excludes halogenated alkanes) is 8. The first kappa shape index (κ1) is 28.2. The molecule has 198 valence electrons. The SMILES string of the molecule is CCCCCCCCCCCC1c2cc(OC)c(OC)cc2C=CN1Cc1ccc(C(C)(C)C)cc1. The van der Waals surface area contributed by atoms with E-state index in [1.54, 1.807) is 14.2 Å². The molecular formula is C33H49NO2. The monoisotopic (exact) mass is 491 g/mol. The first-order valence-corrected chi connectivity index (χ1v) is 14.2. The van der Waals surface area contributed by atoms with Crippen LogP contribution >= 0.6 is 0 Å². The summed E-state index contributed by atoms with van der Waals surface area (Å²) in [7, 11) is 3.44. The van der Waals surface area contributed by atoms with Crippen molar-refractivity contribution in [2.24, 2.45) is 0 Å². The van der Waals surface area contributed by atoms with Gasteiger partial charge < -0.3 is 14.4 Å². The Balaban J connectivity index is 1.70. The van der Waals surface area contributed by atoms with E-state index in [1.807, 2.05) is 0 Å². The molecule has 1 atom stereocenters. The summed E-state index contributed by atoms with van der Waals surface area (Å²) in [6, 6.07) is 13.9. The molecule has 2 aromatic rings. The summed E-state index contributed by atoms with van der Waals surface area (Å²) in [6.07, 6.45) is 17.9. The van der Waals surface area contributed by atoms with Gasteiger partial charge in [0.25, 0.3) is 0 Å². The minimum Gasteiger partial charge on any atom is -0.493 e. The highest BCUT2D eigenvalue weighted by atomic mass is 16.5. The van der Waals surface area contributed by atoms with Crippen LogP contribution < -0.4 is 9.47 Å². The second-order valence-corrected chi connectivity index (χ2v) is 11.4. The highest BCUT2D eigenvalue weighted by Gasteiger charge is 2.26. The molecule has 0 saturated carbocycles. The lowest BCUT2D eigenvalue weighted by Crippen LogP contribution is -2.26. The Labute approximate surface area is 220 Å². The molecule has 36 heavy (non-hydrogen) atoms. The van der Waals surface area contributed by atoms with Crippen LogP contribution in [-0.4, -0.2) is 19.1 Å². The summed E-state index contributed by atoms with van der Waals surface area (Å²) in [4.78, 5) is 2.52. The maximum Gasteiger partial charge on any atom is 0.161 e. The number of rotatable bonds is 14. The predicted molar refractivity (Wildman–Crippen MR) is 154 cm³/mol. The number of hydrogen-bond donors (Lipinski definition) is 0. The van der Waals surface area contributed by atoms with Gasteiger partial charge in [0.2, 0.25) is 0 Å². The summed E-state index contributed by atoms with van der Waals surface area (Å²) >= 11 is 0. The molecule has 0 fully saturated rings. The zero-order valence-corrected chi connectivity index (χ0v) is 23.7. The van der Waals surface area contributed by atoms with Crippen LogP contribution in [0.2, 0.25) is 0 Å². The molecule has 0 aromatic heterocycles. The van der Waals surface area contributed by atoms with Crippen molar-refractivity contribution in [3.05, 3.63) is 64.9 Å². The highest BCUT2D eigenvalue weighted by Crippen LogP contribution is 2.41. The van der Waals surface area contributed by atoms with E-state index in [9.17, 15) is 0 Å². The Bertz CT molecular complexity index is 955. The molecule has 0 radical (unpaired) electrons. The molecular weight excluding hydrogens is 442 g/mol. The van der Waals surface area contributed by atoms with Gasteiger partial charge in [0.1, 0.15) is 0 Å². The van der Waals surface area contributed by atoms with Gasteiger partial charge in [0.05, 0.1) is 20.3 Å². The van der Waals surface area contributed by atoms with Gasteiger partial charge in [-0.05, 0) is 52.3 Å². The fourth-order valence-corrected chi connectivity index (χ4v) is 5.26. The lowest BCUT2D eigenvalue weighted by molar-refractivity contribution is 0.248. The zero-order valence-electron chi connectivity index (χ0n) is 23.7. The maximum atomic E-state index is 5.68. The van der Waals surface area contributed by atoms with Crippen molar-refractivity contribution in [1.29, 1.82) is 0 Å². The minimum atomic E-state index is 0.177. The Morgan fingerprint density at radius 3 is 1.94 bits per heavy atom. The lowest BCUT2D eigenvalue weighted by atomic mass is 9.86. The third kappa shape index (κ3) is 7.79. The molecule has 1 heterocycles. The van der Waals surface area contributed by atoms with E-state index in [4.69, 9.17) is 9.47 Å². The quantitative estimate of drug-likeness (QED) is 0.246. The predicted octanol–water partition coefficient (Wildman–Crippen LogP) is 9.45. The van der Waals surface area contributed by atoms with Crippen LogP contribution in [0.15, 0.2) is 42.6 Å². The summed E-state index contributed by atoms with van der Waals surface area (Å²) in [5, 5.41) is 0. The first-order valence-electron chi connectivity index (χ1n) is 14.2. The number of ether oxygens (including phenoxy) is 2. The third-order valence-electron chi connectivity index (χ3n) is 7.56. The van der Waals surface area contributed by atoms with Crippen LogP contribution in [0.5, 0.6) is 11.5 Å². The molecule has 1 aliphatic rings. The molecule has 2 aromatic carbocycles. The van der Waals surface area contributed by atoms with E-state index < -0.39 is 0 Å². The first-order chi connectivity index (χ1) is 17.4. The van der Waals surface area contributed by atoms with Crippen molar-refractivity contribution in [2.45, 2.75) is 110 Å². The van der Waals surface area contributed by atoms with E-state index >= 15 is 0 Å². The topological polar surface area (TPSA) is 21.7 Å². The largest absolute Gasteiger partial charge is 0.493 e. The summed E-state index contributed by atoms with van der Waals surface area (Å²) in [6.45, 7) is 10.0. The molecule has 0 saturated heterocycles. The average Bonchev–Trinajstić information content (AvgIpc) is 2.87. The molecule has 0 amide bonds. The van der Waals surface area contributed by atoms with E-state index in [0.29, 0.717) is 6.04 Å². The number of fused-ring (bicyclic) bond motifs is 1. The molecule has 0 spiro atoms. The van der Waals surface area contributed by atoms with Gasteiger partial charge in [-0.25, -0.2) is 0 Å². The average molecular weight is 492 g/mol. The second kappa shape index (κ2) is 13.8. The maximum absolute atomic E-state index is 5.68. The highest BCUT2D eigenvalue weighted by molar-refractivity contribution is 5.63. The van der Waals surface area contributed by atoms with Crippen molar-refractivity contribution in [3.63, 3.8) is 0 Å². The van der Waals surface area contributed by atoms with E-state index in [-0.39, 0.29) is 5.41 Å². The van der Waals surface area contributed by atoms with E-state index in [2.05, 4.69) is 81.3 Å². The molecule has 3 rings (SSSR count). The Morgan fingerprint density at radius 1 is 0.778 bits per heavy atom. The number of nitrogens with zero attached hydrogens (tertiary/aromatic N) is 1.